The number of fused-ring (bicyclic) bond motifs is 1. The van der Waals surface area contributed by atoms with E-state index in [0.717, 1.165) is 16.8 Å². The molecule has 2 aromatic carbocycles. The van der Waals surface area contributed by atoms with Crippen molar-refractivity contribution in [2.24, 2.45) is 0 Å². The minimum Gasteiger partial charge on any atom is -0.508 e. The van der Waals surface area contributed by atoms with Crippen LogP contribution in [0.15, 0.2) is 53.4 Å². The molecule has 0 unspecified atom stereocenters. The third-order valence-corrected chi connectivity index (χ3v) is 4.11. The van der Waals surface area contributed by atoms with E-state index in [1.807, 2.05) is 12.1 Å². The Morgan fingerprint density at radius 3 is 2.45 bits per heavy atom. The molecule has 0 saturated heterocycles. The molecule has 0 aliphatic heterocycles. The first-order chi connectivity index (χ1) is 9.67. The van der Waals surface area contributed by atoms with Crippen molar-refractivity contribution in [3.05, 3.63) is 54.1 Å². The van der Waals surface area contributed by atoms with Gasteiger partial charge in [0.2, 0.25) is 0 Å². The molecule has 0 spiro atoms. The lowest BCUT2D eigenvalue weighted by atomic mass is 10.1. The number of phenols is 1. The number of aromatic hydroxyl groups is 1. The quantitative estimate of drug-likeness (QED) is 0.695. The monoisotopic (exact) mass is 281 g/mol. The lowest BCUT2D eigenvalue weighted by Gasteiger charge is -2.08. The normalized spacial score (nSPS) is 10.9. The van der Waals surface area contributed by atoms with Crippen LogP contribution >= 0.6 is 11.8 Å². The third-order valence-electron chi connectivity index (χ3n) is 3.39. The summed E-state index contributed by atoms with van der Waals surface area (Å²) in [7, 11) is 0. The highest BCUT2D eigenvalue weighted by Crippen LogP contribution is 2.28. The van der Waals surface area contributed by atoms with E-state index < -0.39 is 0 Å². The zero-order valence-electron chi connectivity index (χ0n) is 11.4. The molecule has 0 saturated carbocycles. The van der Waals surface area contributed by atoms with Gasteiger partial charge in [-0.15, -0.1) is 11.8 Å². The molecule has 1 N–H and O–H groups in total. The van der Waals surface area contributed by atoms with Crippen LogP contribution in [0.1, 0.15) is 5.56 Å². The van der Waals surface area contributed by atoms with Crippen molar-refractivity contribution in [1.82, 2.24) is 4.98 Å². The number of rotatable bonds is 2. The van der Waals surface area contributed by atoms with Crippen LogP contribution in [0.2, 0.25) is 0 Å². The standard InChI is InChI=1S/C17H15NOS/c1-11-9-17(12-3-5-13(19)6-4-12)18-16-8-7-14(20-2)10-15(11)16/h3-10,19H,1-2H3. The molecule has 2 nitrogen and oxygen atoms in total. The molecule has 0 bridgehead atoms. The van der Waals surface area contributed by atoms with Gasteiger partial charge in [-0.25, -0.2) is 4.98 Å². The van der Waals surface area contributed by atoms with Crippen molar-refractivity contribution < 1.29 is 5.11 Å². The van der Waals surface area contributed by atoms with E-state index in [2.05, 4.69) is 37.4 Å². The van der Waals surface area contributed by atoms with Gasteiger partial charge < -0.3 is 5.11 Å². The molecular formula is C17H15NOS. The molecule has 0 fully saturated rings. The fourth-order valence-corrected chi connectivity index (χ4v) is 2.72. The Kier molecular flexibility index (Phi) is 3.36. The first kappa shape index (κ1) is 13.0. The average molecular weight is 281 g/mol. The summed E-state index contributed by atoms with van der Waals surface area (Å²) >= 11 is 1.74. The van der Waals surface area contributed by atoms with Gasteiger partial charge in [0, 0.05) is 15.8 Å². The minimum atomic E-state index is 0.274. The Bertz CT molecular complexity index is 766. The Morgan fingerprint density at radius 2 is 1.75 bits per heavy atom. The highest BCUT2D eigenvalue weighted by Gasteiger charge is 2.06. The van der Waals surface area contributed by atoms with Crippen molar-refractivity contribution in [3.63, 3.8) is 0 Å². The van der Waals surface area contributed by atoms with Crippen molar-refractivity contribution in [2.75, 3.05) is 6.26 Å². The van der Waals surface area contributed by atoms with Gasteiger partial charge >= 0.3 is 0 Å². The SMILES string of the molecule is CSc1ccc2nc(-c3ccc(O)cc3)cc(C)c2c1. The number of hydrogen-bond donors (Lipinski definition) is 1. The second kappa shape index (κ2) is 5.17. The van der Waals surface area contributed by atoms with Crippen LogP contribution in [-0.2, 0) is 0 Å². The molecule has 0 aliphatic rings. The highest BCUT2D eigenvalue weighted by molar-refractivity contribution is 7.98. The van der Waals surface area contributed by atoms with Crippen LogP contribution in [0.5, 0.6) is 5.75 Å². The lowest BCUT2D eigenvalue weighted by Crippen LogP contribution is -1.89. The number of hydrogen-bond acceptors (Lipinski definition) is 3. The average Bonchev–Trinajstić information content (AvgIpc) is 2.47. The van der Waals surface area contributed by atoms with Crippen molar-refractivity contribution in [1.29, 1.82) is 0 Å². The van der Waals surface area contributed by atoms with Gasteiger partial charge in [-0.1, -0.05) is 0 Å². The summed E-state index contributed by atoms with van der Waals surface area (Å²) in [6.07, 6.45) is 2.08. The molecule has 0 radical (unpaired) electrons. The summed E-state index contributed by atoms with van der Waals surface area (Å²) in [6.45, 7) is 2.11. The summed E-state index contributed by atoms with van der Waals surface area (Å²) in [5, 5.41) is 10.6. The molecule has 3 rings (SSSR count). The maximum absolute atomic E-state index is 9.36. The van der Waals surface area contributed by atoms with Crippen LogP contribution in [0, 0.1) is 6.92 Å². The fraction of sp³-hybridized carbons (Fsp3) is 0.118. The molecular weight excluding hydrogens is 266 g/mol. The third kappa shape index (κ3) is 2.37. The molecule has 20 heavy (non-hydrogen) atoms. The molecule has 1 heterocycles. The molecule has 3 aromatic rings. The van der Waals surface area contributed by atoms with Crippen LogP contribution in [-0.4, -0.2) is 16.3 Å². The van der Waals surface area contributed by atoms with E-state index in [4.69, 9.17) is 4.98 Å². The largest absolute Gasteiger partial charge is 0.508 e. The van der Waals surface area contributed by atoms with Crippen LogP contribution in [0.25, 0.3) is 22.2 Å². The van der Waals surface area contributed by atoms with Crippen LogP contribution in [0.3, 0.4) is 0 Å². The smallest absolute Gasteiger partial charge is 0.115 e. The van der Waals surface area contributed by atoms with Crippen molar-refractivity contribution in [3.8, 4) is 17.0 Å². The zero-order chi connectivity index (χ0) is 14.1. The minimum absolute atomic E-state index is 0.274. The first-order valence-corrected chi connectivity index (χ1v) is 7.64. The first-order valence-electron chi connectivity index (χ1n) is 6.42. The van der Waals surface area contributed by atoms with Crippen LogP contribution in [0.4, 0.5) is 0 Å². The van der Waals surface area contributed by atoms with Gasteiger partial charge in [0.25, 0.3) is 0 Å². The van der Waals surface area contributed by atoms with Gasteiger partial charge in [-0.2, -0.15) is 0 Å². The second-order valence-electron chi connectivity index (χ2n) is 4.75. The number of pyridine rings is 1. The molecule has 0 aliphatic carbocycles. The predicted molar refractivity (Wildman–Crippen MR) is 85.4 cm³/mol. The summed E-state index contributed by atoms with van der Waals surface area (Å²) in [5.74, 6) is 0.274. The molecule has 0 atom stereocenters. The summed E-state index contributed by atoms with van der Waals surface area (Å²) in [5.41, 5.74) is 4.17. The Labute approximate surface area is 122 Å². The Hall–Kier alpha value is -2.00. The van der Waals surface area contributed by atoms with Gasteiger partial charge in [0.05, 0.1) is 11.2 Å². The number of phenolic OH excluding ortho intramolecular Hbond substituents is 1. The molecule has 100 valence electrons. The predicted octanol–water partition coefficient (Wildman–Crippen LogP) is 4.64. The van der Waals surface area contributed by atoms with Crippen molar-refractivity contribution >= 4 is 22.7 Å². The second-order valence-corrected chi connectivity index (χ2v) is 5.63. The van der Waals surface area contributed by atoms with E-state index in [1.165, 1.54) is 15.8 Å². The van der Waals surface area contributed by atoms with Gasteiger partial charge in [0.1, 0.15) is 5.75 Å². The number of aryl methyl sites for hydroxylation is 1. The van der Waals surface area contributed by atoms with Gasteiger partial charge in [-0.05, 0) is 67.3 Å². The maximum Gasteiger partial charge on any atom is 0.115 e. The zero-order valence-corrected chi connectivity index (χ0v) is 12.2. The lowest BCUT2D eigenvalue weighted by molar-refractivity contribution is 0.475. The van der Waals surface area contributed by atoms with E-state index in [0.29, 0.717) is 0 Å². The van der Waals surface area contributed by atoms with E-state index in [9.17, 15) is 5.11 Å². The molecule has 3 heteroatoms. The number of nitrogens with zero attached hydrogens (tertiary/aromatic N) is 1. The van der Waals surface area contributed by atoms with Gasteiger partial charge in [-0.3, -0.25) is 0 Å². The van der Waals surface area contributed by atoms with Crippen LogP contribution < -0.4 is 0 Å². The fourth-order valence-electron chi connectivity index (χ4n) is 2.28. The molecule has 0 amide bonds. The van der Waals surface area contributed by atoms with E-state index in [-0.39, 0.29) is 5.75 Å². The van der Waals surface area contributed by atoms with E-state index >= 15 is 0 Å². The Balaban J connectivity index is 2.17. The highest BCUT2D eigenvalue weighted by atomic mass is 32.2. The van der Waals surface area contributed by atoms with E-state index in [1.54, 1.807) is 23.9 Å². The summed E-state index contributed by atoms with van der Waals surface area (Å²) in [6, 6.07) is 15.6. The number of benzene rings is 2. The maximum atomic E-state index is 9.36. The number of aromatic nitrogens is 1. The van der Waals surface area contributed by atoms with Crippen molar-refractivity contribution in [2.45, 2.75) is 11.8 Å². The Morgan fingerprint density at radius 1 is 1.00 bits per heavy atom. The molecule has 1 aromatic heterocycles. The topological polar surface area (TPSA) is 33.1 Å². The summed E-state index contributed by atoms with van der Waals surface area (Å²) < 4.78 is 0. The summed E-state index contributed by atoms with van der Waals surface area (Å²) in [4.78, 5) is 5.97. The van der Waals surface area contributed by atoms with Gasteiger partial charge in [0.15, 0.2) is 0 Å². The number of thioether (sulfide) groups is 1.